The molecule has 110 valence electrons. The van der Waals surface area contributed by atoms with E-state index in [4.69, 9.17) is 0 Å². The molecule has 0 aliphatic carbocycles. The topological polar surface area (TPSA) is 38.1 Å². The Morgan fingerprint density at radius 1 is 1.33 bits per heavy atom. The molecule has 4 nitrogen and oxygen atoms in total. The van der Waals surface area contributed by atoms with Crippen LogP contribution in [0.15, 0.2) is 28.7 Å². The van der Waals surface area contributed by atoms with E-state index in [0.717, 1.165) is 46.4 Å². The summed E-state index contributed by atoms with van der Waals surface area (Å²) in [4.78, 5) is 14.5. The monoisotopic (exact) mass is 347 g/mol. The van der Waals surface area contributed by atoms with Crippen LogP contribution in [0.2, 0.25) is 0 Å². The molecule has 0 saturated heterocycles. The zero-order valence-electron chi connectivity index (χ0n) is 12.3. The van der Waals surface area contributed by atoms with Crippen LogP contribution in [0.1, 0.15) is 34.2 Å². The lowest BCUT2D eigenvalue weighted by Gasteiger charge is -2.28. The summed E-state index contributed by atoms with van der Waals surface area (Å²) in [6, 6.07) is 7.88. The van der Waals surface area contributed by atoms with Gasteiger partial charge in [-0.25, -0.2) is 0 Å². The molecule has 1 aromatic carbocycles. The lowest BCUT2D eigenvalue weighted by Crippen LogP contribution is -2.37. The molecule has 0 saturated carbocycles. The van der Waals surface area contributed by atoms with Gasteiger partial charge in [0.1, 0.15) is 0 Å². The van der Waals surface area contributed by atoms with Gasteiger partial charge in [-0.3, -0.25) is 9.48 Å². The fourth-order valence-electron chi connectivity index (χ4n) is 2.80. The second kappa shape index (κ2) is 5.64. The second-order valence-electron chi connectivity index (χ2n) is 5.32. The maximum Gasteiger partial charge on any atom is 0.254 e. The Balaban J connectivity index is 1.87. The van der Waals surface area contributed by atoms with Crippen LogP contribution in [0.4, 0.5) is 0 Å². The molecule has 3 rings (SSSR count). The van der Waals surface area contributed by atoms with Crippen LogP contribution in [0.3, 0.4) is 0 Å². The molecule has 21 heavy (non-hydrogen) atoms. The SMILES string of the molecule is CCc1nn(C)c(CN2CCc3ccccc3C2=O)c1Br. The summed E-state index contributed by atoms with van der Waals surface area (Å²) >= 11 is 3.62. The van der Waals surface area contributed by atoms with E-state index in [1.807, 2.05) is 40.9 Å². The Labute approximate surface area is 132 Å². The van der Waals surface area contributed by atoms with E-state index in [0.29, 0.717) is 6.54 Å². The van der Waals surface area contributed by atoms with Gasteiger partial charge in [-0.1, -0.05) is 25.1 Å². The van der Waals surface area contributed by atoms with Crippen molar-refractivity contribution in [3.63, 3.8) is 0 Å². The number of carbonyl (C=O) groups is 1. The molecule has 0 spiro atoms. The molecule has 0 unspecified atom stereocenters. The van der Waals surface area contributed by atoms with Gasteiger partial charge in [0, 0.05) is 19.2 Å². The van der Waals surface area contributed by atoms with Crippen molar-refractivity contribution in [2.45, 2.75) is 26.3 Å². The number of carbonyl (C=O) groups excluding carboxylic acids is 1. The van der Waals surface area contributed by atoms with Crippen LogP contribution in [0, 0.1) is 0 Å². The van der Waals surface area contributed by atoms with E-state index in [2.05, 4.69) is 28.0 Å². The minimum Gasteiger partial charge on any atom is -0.332 e. The molecule has 2 aromatic rings. The van der Waals surface area contributed by atoms with Crippen LogP contribution in [0.25, 0.3) is 0 Å². The molecule has 1 amide bonds. The number of fused-ring (bicyclic) bond motifs is 1. The van der Waals surface area contributed by atoms with Crippen molar-refractivity contribution < 1.29 is 4.79 Å². The summed E-state index contributed by atoms with van der Waals surface area (Å²) < 4.78 is 2.90. The van der Waals surface area contributed by atoms with E-state index in [1.54, 1.807) is 0 Å². The van der Waals surface area contributed by atoms with E-state index in [9.17, 15) is 4.79 Å². The third-order valence-corrected chi connectivity index (χ3v) is 4.95. The van der Waals surface area contributed by atoms with E-state index < -0.39 is 0 Å². The highest BCUT2D eigenvalue weighted by atomic mass is 79.9. The van der Waals surface area contributed by atoms with Gasteiger partial charge in [-0.05, 0) is 40.4 Å². The normalized spacial score (nSPS) is 14.4. The predicted octanol–water partition coefficient (Wildman–Crippen LogP) is 2.94. The number of nitrogens with zero attached hydrogens (tertiary/aromatic N) is 3. The summed E-state index contributed by atoms with van der Waals surface area (Å²) in [5, 5.41) is 4.50. The number of halogens is 1. The fraction of sp³-hybridized carbons (Fsp3) is 0.375. The standard InChI is InChI=1S/C16H18BrN3O/c1-3-13-15(17)14(19(2)18-13)10-20-9-8-11-6-4-5-7-12(11)16(20)21/h4-7H,3,8-10H2,1-2H3. The quantitative estimate of drug-likeness (QED) is 0.855. The number of aromatic nitrogens is 2. The van der Waals surface area contributed by atoms with Gasteiger partial charge in [-0.2, -0.15) is 5.10 Å². The molecule has 0 N–H and O–H groups in total. The smallest absolute Gasteiger partial charge is 0.254 e. The van der Waals surface area contributed by atoms with E-state index in [1.165, 1.54) is 0 Å². The van der Waals surface area contributed by atoms with Crippen LogP contribution in [0.5, 0.6) is 0 Å². The largest absolute Gasteiger partial charge is 0.332 e. The highest BCUT2D eigenvalue weighted by molar-refractivity contribution is 9.10. The van der Waals surface area contributed by atoms with Crippen molar-refractivity contribution in [3.05, 3.63) is 51.3 Å². The zero-order chi connectivity index (χ0) is 15.0. The molecule has 1 aliphatic rings. The van der Waals surface area contributed by atoms with Crippen LogP contribution in [-0.4, -0.2) is 27.1 Å². The molecule has 0 radical (unpaired) electrons. The maximum absolute atomic E-state index is 12.6. The molecule has 0 bridgehead atoms. The van der Waals surface area contributed by atoms with Gasteiger partial charge in [0.25, 0.3) is 5.91 Å². The summed E-state index contributed by atoms with van der Waals surface area (Å²) in [6.45, 7) is 3.44. The Morgan fingerprint density at radius 2 is 2.10 bits per heavy atom. The summed E-state index contributed by atoms with van der Waals surface area (Å²) in [6.07, 6.45) is 1.79. The Morgan fingerprint density at radius 3 is 2.81 bits per heavy atom. The summed E-state index contributed by atoms with van der Waals surface area (Å²) in [5.41, 5.74) is 4.08. The maximum atomic E-state index is 12.6. The lowest BCUT2D eigenvalue weighted by atomic mass is 9.99. The molecule has 1 aliphatic heterocycles. The lowest BCUT2D eigenvalue weighted by molar-refractivity contribution is 0.0723. The highest BCUT2D eigenvalue weighted by Gasteiger charge is 2.26. The molecule has 0 fully saturated rings. The molecule has 5 heteroatoms. The van der Waals surface area contributed by atoms with E-state index in [-0.39, 0.29) is 5.91 Å². The Hall–Kier alpha value is -1.62. The molecule has 1 aromatic heterocycles. The summed E-state index contributed by atoms with van der Waals surface area (Å²) in [7, 11) is 1.93. The van der Waals surface area contributed by atoms with Crippen molar-refractivity contribution in [2.75, 3.05) is 6.54 Å². The number of benzene rings is 1. The first-order valence-electron chi connectivity index (χ1n) is 7.19. The minimum atomic E-state index is 0.114. The third kappa shape index (κ3) is 2.50. The van der Waals surface area contributed by atoms with Gasteiger partial charge in [-0.15, -0.1) is 0 Å². The van der Waals surface area contributed by atoms with Crippen LogP contribution in [-0.2, 0) is 26.4 Å². The summed E-state index contributed by atoms with van der Waals surface area (Å²) in [5.74, 6) is 0.114. The zero-order valence-corrected chi connectivity index (χ0v) is 13.9. The van der Waals surface area contributed by atoms with Crippen molar-refractivity contribution in [3.8, 4) is 0 Å². The third-order valence-electron chi connectivity index (χ3n) is 4.03. The van der Waals surface area contributed by atoms with E-state index >= 15 is 0 Å². The van der Waals surface area contributed by atoms with Crippen LogP contribution >= 0.6 is 15.9 Å². The number of amides is 1. The fourth-order valence-corrected chi connectivity index (χ4v) is 3.54. The average molecular weight is 348 g/mol. The van der Waals surface area contributed by atoms with Crippen molar-refractivity contribution >= 4 is 21.8 Å². The second-order valence-corrected chi connectivity index (χ2v) is 6.11. The first-order valence-corrected chi connectivity index (χ1v) is 7.98. The number of hydrogen-bond acceptors (Lipinski definition) is 2. The van der Waals surface area contributed by atoms with Gasteiger partial charge in [0.2, 0.25) is 0 Å². The molecular formula is C16H18BrN3O. The predicted molar refractivity (Wildman–Crippen MR) is 85.2 cm³/mol. The molecule has 2 heterocycles. The van der Waals surface area contributed by atoms with Gasteiger partial charge in [0.05, 0.1) is 22.4 Å². The molecule has 0 atom stereocenters. The van der Waals surface area contributed by atoms with Gasteiger partial charge >= 0.3 is 0 Å². The number of hydrogen-bond donors (Lipinski definition) is 0. The Kier molecular flexibility index (Phi) is 3.85. The number of aryl methyl sites for hydroxylation is 2. The minimum absolute atomic E-state index is 0.114. The highest BCUT2D eigenvalue weighted by Crippen LogP contribution is 2.25. The average Bonchev–Trinajstić information content (AvgIpc) is 2.77. The van der Waals surface area contributed by atoms with Crippen LogP contribution < -0.4 is 0 Å². The van der Waals surface area contributed by atoms with Gasteiger partial charge < -0.3 is 4.90 Å². The first kappa shape index (κ1) is 14.3. The molecular weight excluding hydrogens is 330 g/mol. The first-order chi connectivity index (χ1) is 10.1. The van der Waals surface area contributed by atoms with Crippen molar-refractivity contribution in [2.24, 2.45) is 7.05 Å². The van der Waals surface area contributed by atoms with Crippen molar-refractivity contribution in [1.82, 2.24) is 14.7 Å². The van der Waals surface area contributed by atoms with Gasteiger partial charge in [0.15, 0.2) is 0 Å². The Bertz CT molecular complexity index is 693. The van der Waals surface area contributed by atoms with Crippen molar-refractivity contribution in [1.29, 1.82) is 0 Å². The number of rotatable bonds is 3.